The monoisotopic (exact) mass is 414 g/mol. The van der Waals surface area contributed by atoms with Gasteiger partial charge in [-0.15, -0.1) is 0 Å². The average Bonchev–Trinajstić information content (AvgIpc) is 2.69. The quantitative estimate of drug-likeness (QED) is 0.602. The molecule has 0 atom stereocenters. The van der Waals surface area contributed by atoms with Gasteiger partial charge in [0.05, 0.1) is 0 Å². The molecule has 0 aliphatic heterocycles. The number of hydrogen-bond acceptors (Lipinski definition) is 3. The van der Waals surface area contributed by atoms with Gasteiger partial charge in [-0.05, 0) is 41.3 Å². The van der Waals surface area contributed by atoms with E-state index in [0.29, 0.717) is 35.4 Å². The van der Waals surface area contributed by atoms with Crippen LogP contribution in [0.2, 0.25) is 0 Å². The van der Waals surface area contributed by atoms with Crippen LogP contribution in [-0.2, 0) is 13.0 Å². The molecule has 1 amide bonds. The van der Waals surface area contributed by atoms with Gasteiger partial charge in [0.25, 0.3) is 5.91 Å². The molecule has 3 aromatic rings. The van der Waals surface area contributed by atoms with Crippen molar-refractivity contribution in [3.8, 4) is 5.75 Å². The third-order valence-electron chi connectivity index (χ3n) is 4.53. The van der Waals surface area contributed by atoms with Crippen LogP contribution >= 0.6 is 0 Å². The highest BCUT2D eigenvalue weighted by Crippen LogP contribution is 2.25. The van der Waals surface area contributed by atoms with E-state index in [2.05, 4.69) is 0 Å². The number of hydrogen-bond donors (Lipinski definition) is 1. The van der Waals surface area contributed by atoms with Gasteiger partial charge in [-0.2, -0.15) is 0 Å². The Morgan fingerprint density at radius 1 is 0.967 bits per heavy atom. The number of benzene rings is 3. The van der Waals surface area contributed by atoms with E-state index in [4.69, 9.17) is 10.5 Å². The van der Waals surface area contributed by atoms with Crippen LogP contribution in [0, 0.1) is 17.5 Å². The van der Waals surface area contributed by atoms with E-state index in [1.165, 1.54) is 4.90 Å². The summed E-state index contributed by atoms with van der Waals surface area (Å²) >= 11 is 0. The maximum Gasteiger partial charge on any atom is 0.253 e. The Morgan fingerprint density at radius 3 is 2.33 bits per heavy atom. The topological polar surface area (TPSA) is 55.6 Å². The van der Waals surface area contributed by atoms with Gasteiger partial charge in [0.15, 0.2) is 17.4 Å². The van der Waals surface area contributed by atoms with Crippen molar-refractivity contribution in [2.75, 3.05) is 19.8 Å². The molecule has 4 nitrogen and oxygen atoms in total. The van der Waals surface area contributed by atoms with Gasteiger partial charge >= 0.3 is 0 Å². The Labute approximate surface area is 172 Å². The van der Waals surface area contributed by atoms with Crippen molar-refractivity contribution >= 4 is 11.6 Å². The smallest absolute Gasteiger partial charge is 0.253 e. The third-order valence-corrected chi connectivity index (χ3v) is 4.53. The first kappa shape index (κ1) is 21.2. The highest BCUT2D eigenvalue weighted by molar-refractivity contribution is 5.94. The number of ether oxygens (including phenoxy) is 1. The molecule has 0 aliphatic rings. The normalized spacial score (nSPS) is 10.7. The van der Waals surface area contributed by atoms with Crippen LogP contribution < -0.4 is 10.5 Å². The molecule has 0 spiro atoms. The molecule has 156 valence electrons. The van der Waals surface area contributed by atoms with Gasteiger partial charge < -0.3 is 15.4 Å². The minimum absolute atomic E-state index is 0.102. The summed E-state index contributed by atoms with van der Waals surface area (Å²) in [5, 5.41) is 0. The molecule has 3 rings (SSSR count). The lowest BCUT2D eigenvalue weighted by Crippen LogP contribution is -2.21. The Hall–Kier alpha value is -3.48. The van der Waals surface area contributed by atoms with Gasteiger partial charge in [0.1, 0.15) is 12.4 Å². The summed E-state index contributed by atoms with van der Waals surface area (Å²) in [6, 6.07) is 13.5. The third kappa shape index (κ3) is 4.92. The molecule has 3 aromatic carbocycles. The van der Waals surface area contributed by atoms with Gasteiger partial charge in [0.2, 0.25) is 0 Å². The summed E-state index contributed by atoms with van der Waals surface area (Å²) in [6.07, 6.45) is 0.466. The van der Waals surface area contributed by atoms with E-state index in [1.54, 1.807) is 50.5 Å². The molecule has 0 bridgehead atoms. The zero-order valence-electron chi connectivity index (χ0n) is 16.6. The molecule has 0 saturated heterocycles. The number of anilines is 1. The predicted octanol–water partition coefficient (Wildman–Crippen LogP) is 4.56. The minimum Gasteiger partial charge on any atom is -0.483 e. The number of nitrogen functional groups attached to an aromatic ring is 1. The van der Waals surface area contributed by atoms with Crippen LogP contribution in [0.5, 0.6) is 5.75 Å². The van der Waals surface area contributed by atoms with Crippen LogP contribution in [-0.4, -0.2) is 24.9 Å². The maximum atomic E-state index is 13.7. The lowest BCUT2D eigenvalue weighted by atomic mass is 9.99. The number of carbonyl (C=O) groups excluding carboxylic acids is 1. The molecule has 0 unspecified atom stereocenters. The van der Waals surface area contributed by atoms with Gasteiger partial charge in [-0.25, -0.2) is 13.2 Å². The number of halogens is 3. The number of carbonyl (C=O) groups is 1. The first-order valence-corrected chi connectivity index (χ1v) is 9.20. The Morgan fingerprint density at radius 2 is 1.67 bits per heavy atom. The van der Waals surface area contributed by atoms with Crippen molar-refractivity contribution < 1.29 is 22.7 Å². The molecule has 7 heteroatoms. The second-order valence-electron chi connectivity index (χ2n) is 7.10. The van der Waals surface area contributed by atoms with Gasteiger partial charge in [-0.3, -0.25) is 4.79 Å². The minimum atomic E-state index is -1.11. The van der Waals surface area contributed by atoms with E-state index in [-0.39, 0.29) is 12.5 Å². The molecule has 2 N–H and O–H groups in total. The SMILES string of the molecule is CN(C)C(=O)c1cccc(Cc2cc(COc3c(F)cc(F)cc3F)ccc2N)c1. The molecule has 0 heterocycles. The van der Waals surface area contributed by atoms with E-state index in [1.807, 2.05) is 6.07 Å². The largest absolute Gasteiger partial charge is 0.483 e. The molecular weight excluding hydrogens is 393 g/mol. The van der Waals surface area contributed by atoms with Gasteiger partial charge in [0, 0.05) is 37.5 Å². The van der Waals surface area contributed by atoms with Crippen LogP contribution in [0.1, 0.15) is 27.0 Å². The van der Waals surface area contributed by atoms with Gasteiger partial charge in [-0.1, -0.05) is 24.3 Å². The second kappa shape index (κ2) is 8.90. The molecule has 30 heavy (non-hydrogen) atoms. The van der Waals surface area contributed by atoms with Crippen molar-refractivity contribution in [1.29, 1.82) is 0 Å². The Kier molecular flexibility index (Phi) is 6.30. The summed E-state index contributed by atoms with van der Waals surface area (Å²) in [6.45, 7) is -0.119. The zero-order chi connectivity index (χ0) is 21.8. The van der Waals surface area contributed by atoms with Crippen molar-refractivity contribution in [3.05, 3.63) is 94.3 Å². The van der Waals surface area contributed by atoms with Crippen LogP contribution in [0.25, 0.3) is 0 Å². The highest BCUT2D eigenvalue weighted by Gasteiger charge is 2.14. The fourth-order valence-corrected chi connectivity index (χ4v) is 3.02. The maximum absolute atomic E-state index is 13.7. The van der Waals surface area contributed by atoms with Crippen molar-refractivity contribution in [2.45, 2.75) is 13.0 Å². The predicted molar refractivity (Wildman–Crippen MR) is 109 cm³/mol. The first-order chi connectivity index (χ1) is 14.2. The van der Waals surface area contributed by atoms with Crippen LogP contribution in [0.4, 0.5) is 18.9 Å². The van der Waals surface area contributed by atoms with E-state index in [9.17, 15) is 18.0 Å². The Bertz CT molecular complexity index is 1060. The van der Waals surface area contributed by atoms with E-state index >= 15 is 0 Å². The van der Waals surface area contributed by atoms with Crippen molar-refractivity contribution in [2.24, 2.45) is 0 Å². The van der Waals surface area contributed by atoms with E-state index < -0.39 is 23.2 Å². The summed E-state index contributed by atoms with van der Waals surface area (Å²) in [7, 11) is 3.37. The number of nitrogens with two attached hydrogens (primary N) is 1. The summed E-state index contributed by atoms with van der Waals surface area (Å²) in [5.74, 6) is -3.96. The van der Waals surface area contributed by atoms with Crippen LogP contribution in [0.3, 0.4) is 0 Å². The lowest BCUT2D eigenvalue weighted by molar-refractivity contribution is 0.0827. The summed E-state index contributed by atoms with van der Waals surface area (Å²) in [5.41, 5.74) is 9.51. The van der Waals surface area contributed by atoms with Crippen molar-refractivity contribution in [1.82, 2.24) is 4.90 Å². The number of rotatable bonds is 6. The zero-order valence-corrected chi connectivity index (χ0v) is 16.6. The number of nitrogens with zero attached hydrogens (tertiary/aromatic N) is 1. The van der Waals surface area contributed by atoms with E-state index in [0.717, 1.165) is 11.1 Å². The second-order valence-corrected chi connectivity index (χ2v) is 7.10. The molecule has 0 aliphatic carbocycles. The average molecular weight is 414 g/mol. The van der Waals surface area contributed by atoms with Crippen LogP contribution in [0.15, 0.2) is 54.6 Å². The molecule has 0 aromatic heterocycles. The summed E-state index contributed by atoms with van der Waals surface area (Å²) < 4.78 is 45.7. The number of amides is 1. The summed E-state index contributed by atoms with van der Waals surface area (Å²) in [4.78, 5) is 13.7. The molecule has 0 fully saturated rings. The fraction of sp³-hybridized carbons (Fsp3) is 0.174. The van der Waals surface area contributed by atoms with Crippen molar-refractivity contribution in [3.63, 3.8) is 0 Å². The highest BCUT2D eigenvalue weighted by atomic mass is 19.1. The molecular formula is C23H21F3N2O2. The molecule has 0 saturated carbocycles. The first-order valence-electron chi connectivity index (χ1n) is 9.20. The fourth-order valence-electron chi connectivity index (χ4n) is 3.02. The standard InChI is InChI=1S/C23H21F3N2O2/c1-28(2)23(29)16-5-3-4-14(8-16)9-17-10-15(6-7-21(17)27)13-30-22-19(25)11-18(24)12-20(22)26/h3-8,10-12H,9,13,27H2,1-2H3. The Balaban J connectivity index is 1.78. The lowest BCUT2D eigenvalue weighted by Gasteiger charge is -2.13. The molecule has 0 radical (unpaired) electrons.